The lowest BCUT2D eigenvalue weighted by Gasteiger charge is -2.36. The fourth-order valence-electron chi connectivity index (χ4n) is 3.50. The molecule has 27 heavy (non-hydrogen) atoms. The molecule has 3 aromatic rings. The van der Waals surface area contributed by atoms with Gasteiger partial charge in [0.2, 0.25) is 0 Å². The van der Waals surface area contributed by atoms with Crippen LogP contribution in [-0.4, -0.2) is 44.2 Å². The maximum atomic E-state index is 13.1. The van der Waals surface area contributed by atoms with Crippen molar-refractivity contribution in [2.75, 3.05) is 44.2 Å². The van der Waals surface area contributed by atoms with Crippen LogP contribution in [0.2, 0.25) is 5.02 Å². The molecule has 1 aliphatic rings. The zero-order valence-corrected chi connectivity index (χ0v) is 16.6. The summed E-state index contributed by atoms with van der Waals surface area (Å²) in [5, 5.41) is 3.82. The van der Waals surface area contributed by atoms with E-state index in [1.807, 2.05) is 11.3 Å². The van der Waals surface area contributed by atoms with Gasteiger partial charge >= 0.3 is 0 Å². The summed E-state index contributed by atoms with van der Waals surface area (Å²) in [7, 11) is 0. The number of hydrogen-bond acceptors (Lipinski definition) is 4. The molecule has 0 radical (unpaired) electrons. The molecule has 0 atom stereocenters. The Morgan fingerprint density at radius 3 is 2.74 bits per heavy atom. The van der Waals surface area contributed by atoms with E-state index < -0.39 is 0 Å². The first-order chi connectivity index (χ1) is 13.2. The molecule has 1 aromatic heterocycles. The number of nitrogens with zero attached hydrogens (tertiary/aromatic N) is 2. The molecule has 6 heteroatoms. The molecule has 0 amide bonds. The Balaban J connectivity index is 1.23. The highest BCUT2D eigenvalue weighted by Crippen LogP contribution is 2.32. The van der Waals surface area contributed by atoms with Crippen LogP contribution < -0.4 is 9.64 Å². The molecule has 1 fully saturated rings. The topological polar surface area (TPSA) is 15.7 Å². The lowest BCUT2D eigenvalue weighted by Crippen LogP contribution is -2.46. The predicted molar refractivity (Wildman–Crippen MR) is 112 cm³/mol. The van der Waals surface area contributed by atoms with Crippen LogP contribution in [0.3, 0.4) is 0 Å². The van der Waals surface area contributed by atoms with E-state index in [0.717, 1.165) is 39.1 Å². The summed E-state index contributed by atoms with van der Waals surface area (Å²) >= 11 is 7.80. The minimum atomic E-state index is -0.344. The van der Waals surface area contributed by atoms with E-state index in [9.17, 15) is 4.39 Å². The molecule has 0 spiro atoms. The van der Waals surface area contributed by atoms with Crippen molar-refractivity contribution in [2.24, 2.45) is 0 Å². The van der Waals surface area contributed by atoms with Crippen LogP contribution in [0.15, 0.2) is 47.8 Å². The maximum absolute atomic E-state index is 13.1. The fourth-order valence-corrected chi connectivity index (χ4v) is 4.66. The lowest BCUT2D eigenvalue weighted by atomic mass is 10.2. The molecular weight excluding hydrogens is 383 g/mol. The molecule has 0 saturated carbocycles. The largest absolute Gasteiger partial charge is 0.492 e. The monoisotopic (exact) mass is 404 g/mol. The van der Waals surface area contributed by atoms with E-state index in [0.29, 0.717) is 17.4 Å². The molecule has 0 bridgehead atoms. The minimum absolute atomic E-state index is 0.325. The minimum Gasteiger partial charge on any atom is -0.492 e. The molecule has 2 aromatic carbocycles. The summed E-state index contributed by atoms with van der Waals surface area (Å²) in [6.45, 7) is 5.78. The van der Waals surface area contributed by atoms with Crippen LogP contribution in [0.1, 0.15) is 6.42 Å². The van der Waals surface area contributed by atoms with E-state index in [1.54, 1.807) is 6.07 Å². The van der Waals surface area contributed by atoms with Crippen molar-refractivity contribution in [1.29, 1.82) is 0 Å². The summed E-state index contributed by atoms with van der Waals surface area (Å²) in [5.41, 5.74) is 1.36. The second kappa shape index (κ2) is 8.46. The Bertz CT molecular complexity index is 908. The standard InChI is InChI=1S/C21H22ClFN2OS/c22-18-15-17(23)5-6-20(18)26-13-2-8-24-9-11-25(12-10-24)19-4-1-3-16-7-14-27-21(16)19/h1,3-7,14-15H,2,8-13H2. The Hall–Kier alpha value is -1.82. The van der Waals surface area contributed by atoms with Crippen molar-refractivity contribution in [3.8, 4) is 5.75 Å². The van der Waals surface area contributed by atoms with E-state index in [2.05, 4.69) is 39.4 Å². The van der Waals surface area contributed by atoms with Gasteiger partial charge in [-0.3, -0.25) is 4.90 Å². The Morgan fingerprint density at radius 1 is 1.07 bits per heavy atom. The van der Waals surface area contributed by atoms with Crippen LogP contribution in [0.4, 0.5) is 10.1 Å². The van der Waals surface area contributed by atoms with Crippen LogP contribution in [0.5, 0.6) is 5.75 Å². The van der Waals surface area contributed by atoms with Gasteiger partial charge in [0.1, 0.15) is 11.6 Å². The summed E-state index contributed by atoms with van der Waals surface area (Å²) in [6, 6.07) is 13.0. The normalized spacial score (nSPS) is 15.4. The third-order valence-corrected chi connectivity index (χ3v) is 6.19. The zero-order chi connectivity index (χ0) is 18.6. The van der Waals surface area contributed by atoms with Gasteiger partial charge in [-0.05, 0) is 47.5 Å². The van der Waals surface area contributed by atoms with Crippen molar-refractivity contribution in [1.82, 2.24) is 4.90 Å². The number of piperazine rings is 1. The molecule has 1 aliphatic heterocycles. The summed E-state index contributed by atoms with van der Waals surface area (Å²) in [6.07, 6.45) is 0.925. The van der Waals surface area contributed by atoms with Gasteiger partial charge in [-0.25, -0.2) is 4.39 Å². The van der Waals surface area contributed by atoms with E-state index in [1.165, 1.54) is 27.9 Å². The molecule has 0 aliphatic carbocycles. The third-order valence-electron chi connectivity index (χ3n) is 4.94. The molecule has 0 unspecified atom stereocenters. The second-order valence-electron chi connectivity index (χ2n) is 6.72. The van der Waals surface area contributed by atoms with Crippen molar-refractivity contribution < 1.29 is 9.13 Å². The van der Waals surface area contributed by atoms with Gasteiger partial charge in [0.15, 0.2) is 0 Å². The van der Waals surface area contributed by atoms with Crippen molar-refractivity contribution in [2.45, 2.75) is 6.42 Å². The molecule has 142 valence electrons. The second-order valence-corrected chi connectivity index (χ2v) is 8.04. The number of ether oxygens (including phenoxy) is 1. The van der Waals surface area contributed by atoms with Crippen molar-refractivity contribution in [3.63, 3.8) is 0 Å². The average Bonchev–Trinajstić information content (AvgIpc) is 3.16. The van der Waals surface area contributed by atoms with Gasteiger partial charge in [-0.15, -0.1) is 11.3 Å². The number of fused-ring (bicyclic) bond motifs is 1. The van der Waals surface area contributed by atoms with Gasteiger partial charge in [0.25, 0.3) is 0 Å². The smallest absolute Gasteiger partial charge is 0.138 e. The van der Waals surface area contributed by atoms with Crippen LogP contribution in [0.25, 0.3) is 10.1 Å². The van der Waals surface area contributed by atoms with Gasteiger partial charge < -0.3 is 9.64 Å². The summed E-state index contributed by atoms with van der Waals surface area (Å²) < 4.78 is 20.1. The number of hydrogen-bond donors (Lipinski definition) is 0. The highest BCUT2D eigenvalue weighted by molar-refractivity contribution is 7.17. The summed E-state index contributed by atoms with van der Waals surface area (Å²) in [5.74, 6) is 0.204. The van der Waals surface area contributed by atoms with E-state index in [4.69, 9.17) is 16.3 Å². The molecule has 4 rings (SSSR count). The highest BCUT2D eigenvalue weighted by Gasteiger charge is 2.18. The molecule has 2 heterocycles. The molecule has 1 saturated heterocycles. The first-order valence-corrected chi connectivity index (χ1v) is 10.5. The lowest BCUT2D eigenvalue weighted by molar-refractivity contribution is 0.225. The molecule has 0 N–H and O–H groups in total. The van der Waals surface area contributed by atoms with Gasteiger partial charge in [-0.2, -0.15) is 0 Å². The van der Waals surface area contributed by atoms with E-state index >= 15 is 0 Å². The first kappa shape index (κ1) is 18.5. The number of rotatable bonds is 6. The fraction of sp³-hybridized carbons (Fsp3) is 0.333. The predicted octanol–water partition coefficient (Wildman–Crippen LogP) is 5.28. The number of halogens is 2. The number of benzene rings is 2. The Labute approximate surface area is 167 Å². The quantitative estimate of drug-likeness (QED) is 0.519. The van der Waals surface area contributed by atoms with Crippen molar-refractivity contribution >= 4 is 38.7 Å². The average molecular weight is 405 g/mol. The van der Waals surface area contributed by atoms with Gasteiger partial charge in [-0.1, -0.05) is 23.7 Å². The van der Waals surface area contributed by atoms with E-state index in [-0.39, 0.29) is 5.82 Å². The maximum Gasteiger partial charge on any atom is 0.138 e. The molecule has 3 nitrogen and oxygen atoms in total. The van der Waals surface area contributed by atoms with Gasteiger partial charge in [0, 0.05) is 32.7 Å². The number of thiophene rings is 1. The Kier molecular flexibility index (Phi) is 5.81. The van der Waals surface area contributed by atoms with Crippen LogP contribution >= 0.6 is 22.9 Å². The zero-order valence-electron chi connectivity index (χ0n) is 15.0. The van der Waals surface area contributed by atoms with Gasteiger partial charge in [0.05, 0.1) is 22.0 Å². The number of anilines is 1. The van der Waals surface area contributed by atoms with Crippen LogP contribution in [-0.2, 0) is 0 Å². The molecular formula is C21H22ClFN2OS. The SMILES string of the molecule is Fc1ccc(OCCCN2CCN(c3cccc4ccsc34)CC2)c(Cl)c1. The summed E-state index contributed by atoms with van der Waals surface area (Å²) in [4.78, 5) is 4.96. The van der Waals surface area contributed by atoms with Crippen molar-refractivity contribution in [3.05, 3.63) is 58.7 Å². The highest BCUT2D eigenvalue weighted by atomic mass is 35.5. The Morgan fingerprint density at radius 2 is 1.93 bits per heavy atom. The third kappa shape index (κ3) is 4.37. The van der Waals surface area contributed by atoms with Crippen LogP contribution in [0, 0.1) is 5.82 Å². The first-order valence-electron chi connectivity index (χ1n) is 9.22.